The topological polar surface area (TPSA) is 108 Å². The highest BCUT2D eigenvalue weighted by molar-refractivity contribution is 5.92. The molecule has 2 aromatic rings. The second-order valence-electron chi connectivity index (χ2n) is 5.06. The summed E-state index contributed by atoms with van der Waals surface area (Å²) in [5, 5.41) is 0. The Bertz CT molecular complexity index is 859. The van der Waals surface area contributed by atoms with Crippen LogP contribution in [0.2, 0.25) is 0 Å². The highest BCUT2D eigenvalue weighted by Crippen LogP contribution is 2.28. The number of ether oxygens (including phenoxy) is 3. The van der Waals surface area contributed by atoms with Gasteiger partial charge in [-0.3, -0.25) is 4.79 Å². The molecule has 1 heterocycles. The Hall–Kier alpha value is -3.16. The number of nitrogens with one attached hydrogen (secondary N) is 1. The van der Waals surface area contributed by atoms with E-state index in [1.165, 1.54) is 6.07 Å². The Balaban J connectivity index is 2.49. The zero-order chi connectivity index (χ0) is 19.1. The lowest BCUT2D eigenvalue weighted by Gasteiger charge is -2.11. The van der Waals surface area contributed by atoms with Crippen LogP contribution < -0.4 is 10.3 Å². The van der Waals surface area contributed by atoms with Gasteiger partial charge in [0.2, 0.25) is 0 Å². The quantitative estimate of drug-likeness (QED) is 0.754. The number of esters is 2. The molecular weight excluding hydrogens is 340 g/mol. The van der Waals surface area contributed by atoms with E-state index in [9.17, 15) is 14.4 Å². The van der Waals surface area contributed by atoms with Gasteiger partial charge in [0, 0.05) is 6.20 Å². The molecule has 1 aromatic heterocycles. The average molecular weight is 360 g/mol. The number of nitrogens with zero attached hydrogens (tertiary/aromatic N) is 1. The first-order valence-electron chi connectivity index (χ1n) is 8.22. The average Bonchev–Trinajstić information content (AvgIpc) is 2.62. The van der Waals surface area contributed by atoms with Gasteiger partial charge in [0.1, 0.15) is 17.1 Å². The van der Waals surface area contributed by atoms with E-state index in [1.807, 2.05) is 6.92 Å². The highest BCUT2D eigenvalue weighted by Gasteiger charge is 2.17. The van der Waals surface area contributed by atoms with Crippen LogP contribution in [0.3, 0.4) is 0 Å². The van der Waals surface area contributed by atoms with Crippen molar-refractivity contribution in [1.29, 1.82) is 0 Å². The minimum atomic E-state index is -0.752. The standard InChI is InChI=1S/C18H20N2O6/c1-4-24-14-8-7-11(17(22)25-5-2)9-12(14)15-19-10-13(16(21)20-15)18(23)26-6-3/h7-10H,4-6H2,1-3H3,(H,19,20,21). The lowest BCUT2D eigenvalue weighted by Crippen LogP contribution is -2.21. The number of aromatic amines is 1. The first-order valence-corrected chi connectivity index (χ1v) is 8.22. The van der Waals surface area contributed by atoms with Crippen molar-refractivity contribution in [1.82, 2.24) is 9.97 Å². The van der Waals surface area contributed by atoms with Crippen LogP contribution in [0, 0.1) is 0 Å². The molecule has 2 rings (SSSR count). The molecule has 26 heavy (non-hydrogen) atoms. The van der Waals surface area contributed by atoms with E-state index < -0.39 is 17.5 Å². The summed E-state index contributed by atoms with van der Waals surface area (Å²) < 4.78 is 15.3. The van der Waals surface area contributed by atoms with E-state index in [0.29, 0.717) is 23.5 Å². The number of aromatic nitrogens is 2. The lowest BCUT2D eigenvalue weighted by molar-refractivity contribution is 0.0515. The van der Waals surface area contributed by atoms with E-state index in [2.05, 4.69) is 9.97 Å². The summed E-state index contributed by atoms with van der Waals surface area (Å²) in [4.78, 5) is 42.5. The first-order chi connectivity index (χ1) is 12.5. The molecule has 0 bridgehead atoms. The number of hydrogen-bond acceptors (Lipinski definition) is 7. The lowest BCUT2D eigenvalue weighted by atomic mass is 10.1. The molecule has 0 unspecified atom stereocenters. The molecule has 138 valence electrons. The molecule has 8 heteroatoms. The van der Waals surface area contributed by atoms with Crippen molar-refractivity contribution >= 4 is 11.9 Å². The van der Waals surface area contributed by atoms with Crippen LogP contribution in [0.15, 0.2) is 29.2 Å². The summed E-state index contributed by atoms with van der Waals surface area (Å²) in [6.07, 6.45) is 1.14. The summed E-state index contributed by atoms with van der Waals surface area (Å²) >= 11 is 0. The van der Waals surface area contributed by atoms with Crippen LogP contribution in [0.4, 0.5) is 0 Å². The number of hydrogen-bond donors (Lipinski definition) is 1. The van der Waals surface area contributed by atoms with Crippen LogP contribution in [-0.2, 0) is 9.47 Å². The van der Waals surface area contributed by atoms with Crippen LogP contribution in [0.1, 0.15) is 41.5 Å². The van der Waals surface area contributed by atoms with Gasteiger partial charge in [0.05, 0.1) is 30.9 Å². The molecule has 0 fully saturated rings. The molecule has 0 spiro atoms. The van der Waals surface area contributed by atoms with Crippen molar-refractivity contribution in [3.63, 3.8) is 0 Å². The maximum atomic E-state index is 12.2. The number of benzene rings is 1. The first kappa shape index (κ1) is 19.2. The molecule has 0 aliphatic heterocycles. The second-order valence-corrected chi connectivity index (χ2v) is 5.06. The third-order valence-electron chi connectivity index (χ3n) is 3.34. The number of carbonyl (C=O) groups excluding carboxylic acids is 2. The Morgan fingerprint density at radius 2 is 1.73 bits per heavy atom. The van der Waals surface area contributed by atoms with Gasteiger partial charge in [-0.1, -0.05) is 0 Å². The molecule has 1 aromatic carbocycles. The smallest absolute Gasteiger partial charge is 0.345 e. The maximum Gasteiger partial charge on any atom is 0.345 e. The van der Waals surface area contributed by atoms with Gasteiger partial charge in [0.15, 0.2) is 0 Å². The molecule has 0 atom stereocenters. The molecule has 0 aliphatic rings. The van der Waals surface area contributed by atoms with Crippen molar-refractivity contribution in [3.8, 4) is 17.1 Å². The zero-order valence-corrected chi connectivity index (χ0v) is 14.8. The fraction of sp³-hybridized carbons (Fsp3) is 0.333. The summed E-state index contributed by atoms with van der Waals surface area (Å²) in [6.45, 7) is 5.93. The summed E-state index contributed by atoms with van der Waals surface area (Å²) in [5.74, 6) is -0.648. The highest BCUT2D eigenvalue weighted by atomic mass is 16.5. The van der Waals surface area contributed by atoms with Crippen LogP contribution >= 0.6 is 0 Å². The van der Waals surface area contributed by atoms with E-state index in [4.69, 9.17) is 14.2 Å². The predicted molar refractivity (Wildman–Crippen MR) is 93.4 cm³/mol. The van der Waals surface area contributed by atoms with Crippen LogP contribution in [0.25, 0.3) is 11.4 Å². The summed E-state index contributed by atoms with van der Waals surface area (Å²) in [5.41, 5.74) is -0.139. The number of H-pyrrole nitrogens is 1. The van der Waals surface area contributed by atoms with Gasteiger partial charge in [-0.05, 0) is 39.0 Å². The SMILES string of the molecule is CCOC(=O)c1ccc(OCC)c(-c2ncc(C(=O)OCC)c(=O)[nH]2)c1. The normalized spacial score (nSPS) is 10.3. The van der Waals surface area contributed by atoms with Crippen molar-refractivity contribution in [2.45, 2.75) is 20.8 Å². The Morgan fingerprint density at radius 1 is 1.04 bits per heavy atom. The van der Waals surface area contributed by atoms with Gasteiger partial charge in [-0.25, -0.2) is 14.6 Å². The fourth-order valence-electron chi connectivity index (χ4n) is 2.22. The molecule has 0 saturated heterocycles. The summed E-state index contributed by atoms with van der Waals surface area (Å²) in [7, 11) is 0. The molecule has 0 amide bonds. The molecular formula is C18H20N2O6. The van der Waals surface area contributed by atoms with Gasteiger partial charge in [0.25, 0.3) is 5.56 Å². The van der Waals surface area contributed by atoms with Gasteiger partial charge < -0.3 is 19.2 Å². The summed E-state index contributed by atoms with van der Waals surface area (Å²) in [6, 6.07) is 4.69. The fourth-order valence-corrected chi connectivity index (χ4v) is 2.22. The second kappa shape index (κ2) is 8.80. The Labute approximate surface area is 150 Å². The third-order valence-corrected chi connectivity index (χ3v) is 3.34. The van der Waals surface area contributed by atoms with Gasteiger partial charge in [-0.15, -0.1) is 0 Å². The van der Waals surface area contributed by atoms with Gasteiger partial charge in [-0.2, -0.15) is 0 Å². The molecule has 0 saturated carbocycles. The van der Waals surface area contributed by atoms with E-state index in [1.54, 1.807) is 26.0 Å². The van der Waals surface area contributed by atoms with Gasteiger partial charge >= 0.3 is 11.9 Å². The largest absolute Gasteiger partial charge is 0.493 e. The molecule has 1 N–H and O–H groups in total. The minimum Gasteiger partial charge on any atom is -0.493 e. The van der Waals surface area contributed by atoms with E-state index >= 15 is 0 Å². The Kier molecular flexibility index (Phi) is 6.48. The van der Waals surface area contributed by atoms with Crippen molar-refractivity contribution in [3.05, 3.63) is 45.9 Å². The predicted octanol–water partition coefficient (Wildman–Crippen LogP) is 2.19. The van der Waals surface area contributed by atoms with Crippen molar-refractivity contribution in [2.24, 2.45) is 0 Å². The van der Waals surface area contributed by atoms with Crippen molar-refractivity contribution < 1.29 is 23.8 Å². The third kappa shape index (κ3) is 4.27. The van der Waals surface area contributed by atoms with Crippen LogP contribution in [0.5, 0.6) is 5.75 Å². The monoisotopic (exact) mass is 360 g/mol. The molecule has 0 radical (unpaired) electrons. The van der Waals surface area contributed by atoms with E-state index in [0.717, 1.165) is 6.20 Å². The zero-order valence-electron chi connectivity index (χ0n) is 14.8. The maximum absolute atomic E-state index is 12.2. The van der Waals surface area contributed by atoms with Crippen LogP contribution in [-0.4, -0.2) is 41.7 Å². The number of carbonyl (C=O) groups is 2. The molecule has 8 nitrogen and oxygen atoms in total. The molecule has 0 aliphatic carbocycles. The van der Waals surface area contributed by atoms with E-state index in [-0.39, 0.29) is 24.6 Å². The van der Waals surface area contributed by atoms with Crippen molar-refractivity contribution in [2.75, 3.05) is 19.8 Å². The Morgan fingerprint density at radius 3 is 2.35 bits per heavy atom. The minimum absolute atomic E-state index is 0.149. The number of rotatable bonds is 7.